The van der Waals surface area contributed by atoms with E-state index < -0.39 is 18.3 Å². The van der Waals surface area contributed by atoms with Crippen LogP contribution in [0.1, 0.15) is 17.4 Å². The van der Waals surface area contributed by atoms with Crippen molar-refractivity contribution in [1.29, 1.82) is 0 Å². The van der Waals surface area contributed by atoms with E-state index in [1.807, 2.05) is 0 Å². The van der Waals surface area contributed by atoms with E-state index in [9.17, 15) is 23.1 Å². The number of pyridine rings is 1. The number of hydrogen-bond acceptors (Lipinski definition) is 7. The van der Waals surface area contributed by atoms with E-state index in [1.165, 1.54) is 37.7 Å². The number of methoxy groups -OCH3 is 1. The molecular weight excluding hydrogens is 429 g/mol. The van der Waals surface area contributed by atoms with Crippen LogP contribution in [0.25, 0.3) is 22.6 Å². The Morgan fingerprint density at radius 2 is 1.91 bits per heavy atom. The van der Waals surface area contributed by atoms with Crippen molar-refractivity contribution in [2.45, 2.75) is 19.3 Å². The Bertz CT molecular complexity index is 1090. The van der Waals surface area contributed by atoms with Crippen LogP contribution in [0.2, 0.25) is 0 Å². The fourth-order valence-corrected chi connectivity index (χ4v) is 2.73. The second kappa shape index (κ2) is 9.60. The van der Waals surface area contributed by atoms with Crippen LogP contribution >= 0.6 is 0 Å². The normalized spacial score (nSPS) is 12.2. The standard InChI is InChI=1S/C21H19F3N4O4/c1-12(11-29)26-20(30)17-9-16(13-3-5-14(6-4-13)32-21(22,23)24)27-19(28-17)15-10-25-8-7-18(15)31-2/h3-10,12,29H,11H2,1-2H3,(H,26,30)/t12-/m0/s1. The average Bonchev–Trinajstić information content (AvgIpc) is 2.78. The molecule has 2 aromatic heterocycles. The van der Waals surface area contributed by atoms with Crippen LogP contribution in [0, 0.1) is 0 Å². The van der Waals surface area contributed by atoms with Crippen molar-refractivity contribution in [3.8, 4) is 34.1 Å². The Morgan fingerprint density at radius 3 is 2.53 bits per heavy atom. The number of benzene rings is 1. The maximum absolute atomic E-state index is 12.6. The van der Waals surface area contributed by atoms with Crippen LogP contribution in [-0.2, 0) is 0 Å². The fourth-order valence-electron chi connectivity index (χ4n) is 2.73. The van der Waals surface area contributed by atoms with Gasteiger partial charge in [-0.25, -0.2) is 9.97 Å². The summed E-state index contributed by atoms with van der Waals surface area (Å²) in [5, 5.41) is 11.8. The maximum Gasteiger partial charge on any atom is 0.573 e. The van der Waals surface area contributed by atoms with Gasteiger partial charge in [-0.1, -0.05) is 0 Å². The zero-order valence-electron chi connectivity index (χ0n) is 17.1. The van der Waals surface area contributed by atoms with Crippen molar-refractivity contribution in [2.75, 3.05) is 13.7 Å². The molecule has 8 nitrogen and oxygen atoms in total. The number of aliphatic hydroxyl groups excluding tert-OH is 1. The smallest absolute Gasteiger partial charge is 0.496 e. The third kappa shape index (κ3) is 5.70. The first kappa shape index (κ1) is 22.9. The summed E-state index contributed by atoms with van der Waals surface area (Å²) in [7, 11) is 1.46. The van der Waals surface area contributed by atoms with Gasteiger partial charge >= 0.3 is 6.36 Å². The Morgan fingerprint density at radius 1 is 1.19 bits per heavy atom. The minimum absolute atomic E-state index is 0.00757. The molecule has 3 rings (SSSR count). The van der Waals surface area contributed by atoms with Crippen LogP contribution < -0.4 is 14.8 Å². The summed E-state index contributed by atoms with van der Waals surface area (Å²) in [6.07, 6.45) is -1.83. The van der Waals surface area contributed by atoms with Gasteiger partial charge in [0.15, 0.2) is 5.82 Å². The maximum atomic E-state index is 12.6. The molecule has 2 heterocycles. The largest absolute Gasteiger partial charge is 0.573 e. The molecule has 1 aromatic carbocycles. The van der Waals surface area contributed by atoms with Crippen LogP contribution in [0.15, 0.2) is 48.8 Å². The van der Waals surface area contributed by atoms with Gasteiger partial charge in [0.2, 0.25) is 0 Å². The summed E-state index contributed by atoms with van der Waals surface area (Å²) in [5.74, 6) is -0.401. The van der Waals surface area contributed by atoms with Gasteiger partial charge < -0.3 is 19.9 Å². The minimum atomic E-state index is -4.81. The predicted molar refractivity (Wildman–Crippen MR) is 108 cm³/mol. The van der Waals surface area contributed by atoms with E-state index in [-0.39, 0.29) is 29.6 Å². The number of ether oxygens (including phenoxy) is 2. The second-order valence-electron chi connectivity index (χ2n) is 6.67. The van der Waals surface area contributed by atoms with Gasteiger partial charge in [0.25, 0.3) is 5.91 Å². The lowest BCUT2D eigenvalue weighted by atomic mass is 10.1. The molecule has 0 saturated carbocycles. The zero-order chi connectivity index (χ0) is 23.3. The third-order valence-corrected chi connectivity index (χ3v) is 4.24. The number of nitrogens with zero attached hydrogens (tertiary/aromatic N) is 3. The molecule has 32 heavy (non-hydrogen) atoms. The van der Waals surface area contributed by atoms with Gasteiger partial charge in [-0.2, -0.15) is 0 Å². The lowest BCUT2D eigenvalue weighted by Crippen LogP contribution is -2.35. The first-order chi connectivity index (χ1) is 15.2. The van der Waals surface area contributed by atoms with E-state index >= 15 is 0 Å². The number of rotatable bonds is 7. The lowest BCUT2D eigenvalue weighted by Gasteiger charge is -2.13. The van der Waals surface area contributed by atoms with E-state index in [0.717, 1.165) is 12.1 Å². The number of amides is 1. The number of carbonyl (C=O) groups excluding carboxylic acids is 1. The summed E-state index contributed by atoms with van der Waals surface area (Å²) >= 11 is 0. The van der Waals surface area contributed by atoms with E-state index in [2.05, 4.69) is 25.0 Å². The van der Waals surface area contributed by atoms with E-state index in [1.54, 1.807) is 13.0 Å². The first-order valence-electron chi connectivity index (χ1n) is 9.35. The van der Waals surface area contributed by atoms with Crippen molar-refractivity contribution < 1.29 is 32.5 Å². The summed E-state index contributed by atoms with van der Waals surface area (Å²) in [6.45, 7) is 1.35. The molecule has 0 aliphatic carbocycles. The van der Waals surface area contributed by atoms with Crippen molar-refractivity contribution in [3.63, 3.8) is 0 Å². The highest BCUT2D eigenvalue weighted by Crippen LogP contribution is 2.30. The number of aliphatic hydroxyl groups is 1. The van der Waals surface area contributed by atoms with Crippen LogP contribution in [0.3, 0.4) is 0 Å². The highest BCUT2D eigenvalue weighted by molar-refractivity contribution is 5.94. The van der Waals surface area contributed by atoms with E-state index in [0.29, 0.717) is 16.9 Å². The highest BCUT2D eigenvalue weighted by Gasteiger charge is 2.31. The van der Waals surface area contributed by atoms with Gasteiger partial charge in [0.05, 0.1) is 25.0 Å². The lowest BCUT2D eigenvalue weighted by molar-refractivity contribution is -0.274. The second-order valence-corrected chi connectivity index (χ2v) is 6.67. The number of hydrogen-bond donors (Lipinski definition) is 2. The number of halogens is 3. The zero-order valence-corrected chi connectivity index (χ0v) is 17.1. The third-order valence-electron chi connectivity index (χ3n) is 4.24. The summed E-state index contributed by atoms with van der Waals surface area (Å²) in [4.78, 5) is 25.4. The van der Waals surface area contributed by atoms with Crippen molar-refractivity contribution >= 4 is 5.91 Å². The molecule has 11 heteroatoms. The number of alkyl halides is 3. The molecule has 0 bridgehead atoms. The molecule has 0 fully saturated rings. The number of nitrogens with one attached hydrogen (secondary N) is 1. The van der Waals surface area contributed by atoms with Crippen LogP contribution in [0.5, 0.6) is 11.5 Å². The van der Waals surface area contributed by atoms with Gasteiger partial charge in [0.1, 0.15) is 17.2 Å². The number of aromatic nitrogens is 3. The Balaban J connectivity index is 2.07. The summed E-state index contributed by atoms with van der Waals surface area (Å²) < 4.78 is 46.5. The molecular formula is C21H19F3N4O4. The van der Waals surface area contributed by atoms with Crippen molar-refractivity contribution in [1.82, 2.24) is 20.3 Å². The molecule has 168 valence electrons. The Labute approximate surface area is 181 Å². The van der Waals surface area contributed by atoms with Gasteiger partial charge in [0, 0.05) is 24.0 Å². The molecule has 0 aliphatic heterocycles. The molecule has 1 amide bonds. The average molecular weight is 448 g/mol. The Kier molecular flexibility index (Phi) is 6.89. The van der Waals surface area contributed by atoms with Gasteiger partial charge in [-0.15, -0.1) is 13.2 Å². The van der Waals surface area contributed by atoms with E-state index in [4.69, 9.17) is 4.74 Å². The van der Waals surface area contributed by atoms with Gasteiger partial charge in [-0.3, -0.25) is 9.78 Å². The van der Waals surface area contributed by atoms with Crippen molar-refractivity contribution in [2.24, 2.45) is 0 Å². The highest BCUT2D eigenvalue weighted by atomic mass is 19.4. The first-order valence-corrected chi connectivity index (χ1v) is 9.35. The molecule has 1 atom stereocenters. The molecule has 0 spiro atoms. The molecule has 0 saturated heterocycles. The summed E-state index contributed by atoms with van der Waals surface area (Å²) in [5.41, 5.74) is 1.11. The van der Waals surface area contributed by atoms with Crippen LogP contribution in [-0.4, -0.2) is 52.1 Å². The molecule has 0 aliphatic rings. The van der Waals surface area contributed by atoms with Crippen molar-refractivity contribution in [3.05, 3.63) is 54.5 Å². The minimum Gasteiger partial charge on any atom is -0.496 e. The fraction of sp³-hybridized carbons (Fsp3) is 0.238. The number of carbonyl (C=O) groups is 1. The molecule has 2 N–H and O–H groups in total. The monoisotopic (exact) mass is 448 g/mol. The summed E-state index contributed by atoms with van der Waals surface area (Å²) in [6, 6.07) is 7.52. The topological polar surface area (TPSA) is 106 Å². The molecule has 0 radical (unpaired) electrons. The quantitative estimate of drug-likeness (QED) is 0.572. The van der Waals surface area contributed by atoms with Gasteiger partial charge in [-0.05, 0) is 43.3 Å². The van der Waals surface area contributed by atoms with Crippen LogP contribution in [0.4, 0.5) is 13.2 Å². The SMILES string of the molecule is COc1ccncc1-c1nc(C(=O)N[C@@H](C)CO)cc(-c2ccc(OC(F)(F)F)cc2)n1. The molecule has 3 aromatic rings. The molecule has 0 unspecified atom stereocenters. The Hall–Kier alpha value is -3.73. The predicted octanol–water partition coefficient (Wildman–Crippen LogP) is 3.22.